The Morgan fingerprint density at radius 3 is 2.61 bits per heavy atom. The minimum absolute atomic E-state index is 0.103. The van der Waals surface area contributed by atoms with Crippen molar-refractivity contribution in [2.75, 3.05) is 6.54 Å². The number of rotatable bonds is 5. The predicted octanol–water partition coefficient (Wildman–Crippen LogP) is 1.86. The van der Waals surface area contributed by atoms with Crippen molar-refractivity contribution in [3.05, 3.63) is 35.6 Å². The molecule has 4 heteroatoms. The molecule has 1 aromatic rings. The first-order valence-corrected chi connectivity index (χ1v) is 6.11. The van der Waals surface area contributed by atoms with Crippen LogP contribution in [0.1, 0.15) is 26.3 Å². The van der Waals surface area contributed by atoms with Crippen LogP contribution in [0.15, 0.2) is 24.3 Å². The summed E-state index contributed by atoms with van der Waals surface area (Å²) in [5.41, 5.74) is 5.69. The molecule has 0 aromatic heterocycles. The van der Waals surface area contributed by atoms with Gasteiger partial charge in [-0.1, -0.05) is 25.1 Å². The van der Waals surface area contributed by atoms with Crippen molar-refractivity contribution < 1.29 is 9.18 Å². The normalized spacial score (nSPS) is 13.2. The van der Waals surface area contributed by atoms with Crippen LogP contribution in [0.5, 0.6) is 0 Å². The summed E-state index contributed by atoms with van der Waals surface area (Å²) in [7, 11) is 0. The maximum absolute atomic E-state index is 13.5. The summed E-state index contributed by atoms with van der Waals surface area (Å²) in [4.78, 5) is 11.9. The van der Waals surface area contributed by atoms with Crippen LogP contribution in [0.25, 0.3) is 0 Å². The fraction of sp³-hybridized carbons (Fsp3) is 0.500. The van der Waals surface area contributed by atoms with Crippen LogP contribution < -0.4 is 11.1 Å². The Labute approximate surface area is 108 Å². The van der Waals surface area contributed by atoms with Crippen LogP contribution in [0.3, 0.4) is 0 Å². The highest BCUT2D eigenvalue weighted by atomic mass is 19.1. The Kier molecular flexibility index (Phi) is 4.84. The van der Waals surface area contributed by atoms with Crippen LogP contribution in [0.2, 0.25) is 0 Å². The van der Waals surface area contributed by atoms with Crippen LogP contribution in [0.4, 0.5) is 4.39 Å². The van der Waals surface area contributed by atoms with Crippen molar-refractivity contribution in [2.24, 2.45) is 11.7 Å². The van der Waals surface area contributed by atoms with Crippen molar-refractivity contribution in [2.45, 2.75) is 32.7 Å². The highest BCUT2D eigenvalue weighted by molar-refractivity contribution is 5.79. The van der Waals surface area contributed by atoms with Crippen LogP contribution >= 0.6 is 0 Å². The number of halogens is 1. The molecule has 0 fully saturated rings. The number of hydrogen-bond acceptors (Lipinski definition) is 2. The quantitative estimate of drug-likeness (QED) is 0.840. The molecule has 0 radical (unpaired) electrons. The maximum atomic E-state index is 13.5. The van der Waals surface area contributed by atoms with Crippen molar-refractivity contribution in [3.63, 3.8) is 0 Å². The number of carbonyl (C=O) groups is 1. The molecule has 1 atom stereocenters. The molecule has 0 aliphatic carbocycles. The lowest BCUT2D eigenvalue weighted by Crippen LogP contribution is -2.50. The Morgan fingerprint density at radius 1 is 1.44 bits per heavy atom. The summed E-state index contributed by atoms with van der Waals surface area (Å²) in [6, 6.07) is 6.52. The molecule has 0 bridgehead atoms. The largest absolute Gasteiger partial charge is 0.350 e. The topological polar surface area (TPSA) is 55.1 Å². The van der Waals surface area contributed by atoms with E-state index in [-0.39, 0.29) is 17.6 Å². The van der Waals surface area contributed by atoms with E-state index < -0.39 is 5.54 Å². The van der Waals surface area contributed by atoms with Gasteiger partial charge in [0.25, 0.3) is 0 Å². The summed E-state index contributed by atoms with van der Waals surface area (Å²) in [5, 5.41) is 2.86. The van der Waals surface area contributed by atoms with Crippen LogP contribution in [-0.4, -0.2) is 18.0 Å². The molecule has 0 heterocycles. The van der Waals surface area contributed by atoms with Gasteiger partial charge in [0.05, 0.1) is 0 Å². The smallest absolute Gasteiger partial charge is 0.223 e. The third-order valence-electron chi connectivity index (χ3n) is 2.90. The number of carbonyl (C=O) groups excluding carboxylic acids is 1. The molecule has 3 nitrogen and oxygen atoms in total. The van der Waals surface area contributed by atoms with E-state index in [1.54, 1.807) is 25.1 Å². The lowest BCUT2D eigenvalue weighted by atomic mass is 9.98. The van der Waals surface area contributed by atoms with Crippen molar-refractivity contribution in [3.8, 4) is 0 Å². The molecule has 100 valence electrons. The molecule has 1 aromatic carbocycles. The van der Waals surface area contributed by atoms with Gasteiger partial charge in [0.1, 0.15) is 5.82 Å². The van der Waals surface area contributed by atoms with E-state index in [4.69, 9.17) is 5.73 Å². The third kappa shape index (κ3) is 4.11. The number of benzene rings is 1. The van der Waals surface area contributed by atoms with E-state index in [2.05, 4.69) is 5.32 Å². The van der Waals surface area contributed by atoms with Gasteiger partial charge in [-0.2, -0.15) is 0 Å². The first kappa shape index (κ1) is 14.6. The number of hydrogen-bond donors (Lipinski definition) is 2. The Balaban J connectivity index is 2.63. The number of amides is 1. The fourth-order valence-corrected chi connectivity index (χ4v) is 1.59. The summed E-state index contributed by atoms with van der Waals surface area (Å²) in [6.45, 7) is 5.88. The summed E-state index contributed by atoms with van der Waals surface area (Å²) in [6.07, 6.45) is 0.388. The second-order valence-corrected chi connectivity index (χ2v) is 5.27. The number of nitrogens with one attached hydrogen (secondary N) is 1. The van der Waals surface area contributed by atoms with Gasteiger partial charge in [0.2, 0.25) is 5.91 Å². The van der Waals surface area contributed by atoms with Gasteiger partial charge in [-0.3, -0.25) is 4.79 Å². The van der Waals surface area contributed by atoms with Crippen LogP contribution in [-0.2, 0) is 11.2 Å². The van der Waals surface area contributed by atoms with E-state index in [0.717, 1.165) is 0 Å². The van der Waals surface area contributed by atoms with E-state index in [9.17, 15) is 9.18 Å². The van der Waals surface area contributed by atoms with Crippen molar-refractivity contribution in [1.82, 2.24) is 5.32 Å². The Morgan fingerprint density at radius 2 is 2.06 bits per heavy atom. The van der Waals surface area contributed by atoms with E-state index >= 15 is 0 Å². The van der Waals surface area contributed by atoms with Crippen LogP contribution in [0, 0.1) is 11.7 Å². The highest BCUT2D eigenvalue weighted by Gasteiger charge is 2.22. The molecule has 0 saturated heterocycles. The first-order chi connectivity index (χ1) is 8.35. The van der Waals surface area contributed by atoms with Gasteiger partial charge < -0.3 is 11.1 Å². The molecule has 0 aliphatic heterocycles. The Hall–Kier alpha value is -1.42. The minimum Gasteiger partial charge on any atom is -0.350 e. The third-order valence-corrected chi connectivity index (χ3v) is 2.90. The fourth-order valence-electron chi connectivity index (χ4n) is 1.59. The van der Waals surface area contributed by atoms with Crippen molar-refractivity contribution in [1.29, 1.82) is 0 Å². The zero-order valence-electron chi connectivity index (χ0n) is 11.2. The average Bonchev–Trinajstić information content (AvgIpc) is 2.31. The summed E-state index contributed by atoms with van der Waals surface area (Å²) in [5.74, 6) is -0.656. The zero-order valence-corrected chi connectivity index (χ0v) is 11.2. The second kappa shape index (κ2) is 5.96. The molecule has 3 N–H and O–H groups in total. The standard InChI is InChI=1S/C14H21FN2O/c1-10(13(18)17-14(2,3)9-16)8-11-6-4-5-7-12(11)15/h4-7,10H,8-9,16H2,1-3H3,(H,17,18). The molecule has 0 saturated carbocycles. The van der Waals surface area contributed by atoms with Gasteiger partial charge >= 0.3 is 0 Å². The predicted molar refractivity (Wildman–Crippen MR) is 70.5 cm³/mol. The molecule has 0 aliphatic rings. The summed E-state index contributed by atoms with van der Waals surface area (Å²) >= 11 is 0. The molecular formula is C14H21FN2O. The molecule has 18 heavy (non-hydrogen) atoms. The van der Waals surface area contributed by atoms with E-state index in [0.29, 0.717) is 18.5 Å². The summed E-state index contributed by atoms with van der Waals surface area (Å²) < 4.78 is 13.5. The lowest BCUT2D eigenvalue weighted by Gasteiger charge is -2.26. The molecule has 1 rings (SSSR count). The zero-order chi connectivity index (χ0) is 13.8. The van der Waals surface area contributed by atoms with Gasteiger partial charge in [0.15, 0.2) is 0 Å². The SMILES string of the molecule is CC(Cc1ccccc1F)C(=O)NC(C)(C)CN. The Bertz CT molecular complexity index is 418. The highest BCUT2D eigenvalue weighted by Crippen LogP contribution is 2.13. The van der Waals surface area contributed by atoms with Gasteiger partial charge in [0, 0.05) is 18.0 Å². The maximum Gasteiger partial charge on any atom is 0.223 e. The molecule has 1 amide bonds. The second-order valence-electron chi connectivity index (χ2n) is 5.27. The lowest BCUT2D eigenvalue weighted by molar-refractivity contribution is -0.126. The van der Waals surface area contributed by atoms with E-state index in [1.165, 1.54) is 6.07 Å². The van der Waals surface area contributed by atoms with Gasteiger partial charge in [-0.25, -0.2) is 4.39 Å². The number of nitrogens with two attached hydrogens (primary N) is 1. The minimum atomic E-state index is -0.430. The van der Waals surface area contributed by atoms with Crippen molar-refractivity contribution >= 4 is 5.91 Å². The van der Waals surface area contributed by atoms with E-state index in [1.807, 2.05) is 13.8 Å². The van der Waals surface area contributed by atoms with Gasteiger partial charge in [-0.05, 0) is 31.9 Å². The van der Waals surface area contributed by atoms with Gasteiger partial charge in [-0.15, -0.1) is 0 Å². The molecule has 1 unspecified atom stereocenters. The molecule has 0 spiro atoms. The molecular weight excluding hydrogens is 231 g/mol. The monoisotopic (exact) mass is 252 g/mol. The first-order valence-electron chi connectivity index (χ1n) is 6.11. The average molecular weight is 252 g/mol.